The van der Waals surface area contributed by atoms with Gasteiger partial charge >= 0.3 is 0 Å². The summed E-state index contributed by atoms with van der Waals surface area (Å²) < 4.78 is 2.03. The number of hydrogen-bond acceptors (Lipinski definition) is 6. The van der Waals surface area contributed by atoms with Gasteiger partial charge in [0.15, 0.2) is 5.71 Å². The second-order valence-corrected chi connectivity index (χ2v) is 7.64. The summed E-state index contributed by atoms with van der Waals surface area (Å²) in [5, 5.41) is 7.36. The Hall–Kier alpha value is -4.01. The van der Waals surface area contributed by atoms with Crippen molar-refractivity contribution in [1.82, 2.24) is 24.7 Å². The van der Waals surface area contributed by atoms with Crippen molar-refractivity contribution in [3.8, 4) is 0 Å². The normalized spacial score (nSPS) is 14.6. The summed E-state index contributed by atoms with van der Waals surface area (Å²) in [5.74, 6) is 5.67. The molecule has 4 aromatic heterocycles. The number of aromatic nitrogens is 4. The quantitative estimate of drug-likeness (QED) is 0.244. The van der Waals surface area contributed by atoms with Gasteiger partial charge in [0, 0.05) is 24.0 Å². The van der Waals surface area contributed by atoms with Crippen molar-refractivity contribution in [2.24, 2.45) is 15.9 Å². The van der Waals surface area contributed by atoms with E-state index in [0.717, 1.165) is 27.9 Å². The number of fused-ring (bicyclic) bond motifs is 2. The molecule has 0 unspecified atom stereocenters. The minimum Gasteiger partial charge on any atom is -0.360 e. The van der Waals surface area contributed by atoms with Crippen LogP contribution in [0, 0.1) is 0 Å². The van der Waals surface area contributed by atoms with E-state index in [9.17, 15) is 4.79 Å². The fraction of sp³-hybridized carbons (Fsp3) is 0.227. The summed E-state index contributed by atoms with van der Waals surface area (Å²) in [4.78, 5) is 28.6. The number of carbonyl (C=O) groups excluding carboxylic acids is 1. The monoisotopic (exact) mass is 414 g/mol. The van der Waals surface area contributed by atoms with E-state index < -0.39 is 5.91 Å². The molecule has 0 atom stereocenters. The van der Waals surface area contributed by atoms with Crippen molar-refractivity contribution >= 4 is 34.4 Å². The molecule has 0 spiro atoms. The largest absolute Gasteiger partial charge is 0.360 e. The van der Waals surface area contributed by atoms with Crippen LogP contribution in [-0.4, -0.2) is 37.2 Å². The van der Waals surface area contributed by atoms with Crippen LogP contribution < -0.4 is 11.2 Å². The van der Waals surface area contributed by atoms with Crippen molar-refractivity contribution in [2.45, 2.75) is 31.8 Å². The maximum atomic E-state index is 12.4. The highest BCUT2D eigenvalue weighted by Crippen LogP contribution is 2.39. The zero-order valence-electron chi connectivity index (χ0n) is 16.8. The highest BCUT2D eigenvalue weighted by atomic mass is 16.1. The highest BCUT2D eigenvalue weighted by Gasteiger charge is 2.23. The van der Waals surface area contributed by atoms with Gasteiger partial charge in [-0.25, -0.2) is 4.98 Å². The number of aromatic amines is 1. The van der Waals surface area contributed by atoms with Gasteiger partial charge in [-0.05, 0) is 42.5 Å². The molecule has 0 bridgehead atoms. The van der Waals surface area contributed by atoms with Crippen LogP contribution in [0.15, 0.2) is 59.1 Å². The summed E-state index contributed by atoms with van der Waals surface area (Å²) in [6, 6.07) is 8.03. The van der Waals surface area contributed by atoms with Gasteiger partial charge in [0.05, 0.1) is 42.4 Å². The van der Waals surface area contributed by atoms with E-state index >= 15 is 0 Å². The smallest absolute Gasteiger partial charge is 0.273 e. The Morgan fingerprint density at radius 3 is 3.03 bits per heavy atom. The third-order valence-electron chi connectivity index (χ3n) is 5.34. The molecule has 9 heteroatoms. The first-order chi connectivity index (χ1) is 15.2. The molecule has 4 aromatic rings. The first-order valence-corrected chi connectivity index (χ1v) is 10.1. The van der Waals surface area contributed by atoms with E-state index in [0.29, 0.717) is 12.5 Å². The molecule has 1 fully saturated rings. The van der Waals surface area contributed by atoms with Crippen LogP contribution in [-0.2, 0) is 17.9 Å². The molecule has 1 aliphatic carbocycles. The average molecular weight is 414 g/mol. The third-order valence-corrected chi connectivity index (χ3v) is 5.34. The average Bonchev–Trinajstić information content (AvgIpc) is 3.39. The zero-order chi connectivity index (χ0) is 21.2. The number of amides is 1. The lowest BCUT2D eigenvalue weighted by Crippen LogP contribution is -2.32. The van der Waals surface area contributed by atoms with Crippen molar-refractivity contribution < 1.29 is 4.79 Å². The molecule has 0 aliphatic heterocycles. The number of rotatable bonds is 7. The van der Waals surface area contributed by atoms with E-state index in [1.54, 1.807) is 6.20 Å². The van der Waals surface area contributed by atoms with Crippen molar-refractivity contribution in [3.63, 3.8) is 0 Å². The Morgan fingerprint density at radius 1 is 1.29 bits per heavy atom. The number of hydrogen-bond donors (Lipinski definition) is 3. The van der Waals surface area contributed by atoms with E-state index in [2.05, 4.69) is 42.6 Å². The number of carbonyl (C=O) groups is 1. The fourth-order valence-corrected chi connectivity index (χ4v) is 3.53. The van der Waals surface area contributed by atoms with Gasteiger partial charge in [0.25, 0.3) is 5.91 Å². The van der Waals surface area contributed by atoms with Crippen molar-refractivity contribution in [2.75, 3.05) is 0 Å². The molecule has 9 nitrogen and oxygen atoms in total. The first kappa shape index (κ1) is 19.0. The Morgan fingerprint density at radius 2 is 2.19 bits per heavy atom. The minimum absolute atomic E-state index is 0.0440. The lowest BCUT2D eigenvalue weighted by Gasteiger charge is -2.04. The van der Waals surface area contributed by atoms with Gasteiger partial charge in [-0.3, -0.25) is 14.8 Å². The molecule has 5 rings (SSSR count). The van der Waals surface area contributed by atoms with Gasteiger partial charge in [-0.2, -0.15) is 5.10 Å². The fourth-order valence-electron chi connectivity index (χ4n) is 3.53. The predicted molar refractivity (Wildman–Crippen MR) is 119 cm³/mol. The van der Waals surface area contributed by atoms with Gasteiger partial charge in [0.1, 0.15) is 5.65 Å². The number of nitrogens with zero attached hydrogens (tertiary/aromatic N) is 5. The lowest BCUT2D eigenvalue weighted by atomic mass is 10.2. The Bertz CT molecular complexity index is 1310. The molecule has 0 radical (unpaired) electrons. The van der Waals surface area contributed by atoms with Crippen LogP contribution in [0.4, 0.5) is 0 Å². The van der Waals surface area contributed by atoms with Gasteiger partial charge in [0.2, 0.25) is 0 Å². The second-order valence-electron chi connectivity index (χ2n) is 7.64. The first-order valence-electron chi connectivity index (χ1n) is 10.1. The molecule has 4 N–H and O–H groups in total. The lowest BCUT2D eigenvalue weighted by molar-refractivity contribution is -0.114. The number of nitrogens with two attached hydrogens (primary N) is 1. The maximum absolute atomic E-state index is 12.4. The van der Waals surface area contributed by atoms with E-state index in [-0.39, 0.29) is 12.3 Å². The van der Waals surface area contributed by atoms with Crippen LogP contribution in [0.25, 0.3) is 16.6 Å². The van der Waals surface area contributed by atoms with Crippen molar-refractivity contribution in [3.05, 3.63) is 66.0 Å². The topological polar surface area (TPSA) is 126 Å². The van der Waals surface area contributed by atoms with Gasteiger partial charge in [-0.15, -0.1) is 0 Å². The highest BCUT2D eigenvalue weighted by molar-refractivity contribution is 6.60. The van der Waals surface area contributed by atoms with Crippen LogP contribution in [0.3, 0.4) is 0 Å². The zero-order valence-corrected chi connectivity index (χ0v) is 16.8. The molecule has 0 saturated heterocycles. The minimum atomic E-state index is -0.411. The van der Waals surface area contributed by atoms with E-state index in [1.165, 1.54) is 24.6 Å². The van der Waals surface area contributed by atoms with Gasteiger partial charge < -0.3 is 20.5 Å². The Kier molecular flexibility index (Phi) is 4.91. The molecule has 1 aliphatic rings. The molecule has 31 heavy (non-hydrogen) atoms. The summed E-state index contributed by atoms with van der Waals surface area (Å²) in [7, 11) is 0. The Labute approximate surface area is 178 Å². The Balaban J connectivity index is 1.19. The second kappa shape index (κ2) is 8.02. The third kappa shape index (κ3) is 4.16. The summed E-state index contributed by atoms with van der Waals surface area (Å²) in [5.41, 5.74) is 4.77. The molecular weight excluding hydrogens is 392 g/mol. The number of H-pyrrole nitrogens is 1. The number of aliphatic imine (C=N–C) groups is 1. The summed E-state index contributed by atoms with van der Waals surface area (Å²) in [6.45, 7) is 0.598. The standard InChI is InChI=1S/C22H22N8O/c23-29-20(22(31)27-9-17-7-15-5-6-25-19(15)11-26-17)10-24-8-18-13-30-12-16(14-1-2-14)3-4-21(30)28-18/h3-7,10-14,25H,1-2,8-9,23H2,(H,27,31)/b24-10?,29-20+. The molecule has 1 amide bonds. The summed E-state index contributed by atoms with van der Waals surface area (Å²) in [6.07, 6.45) is 11.6. The van der Waals surface area contributed by atoms with Crippen LogP contribution >= 0.6 is 0 Å². The summed E-state index contributed by atoms with van der Waals surface area (Å²) >= 11 is 0. The van der Waals surface area contributed by atoms with Gasteiger partial charge in [-0.1, -0.05) is 6.07 Å². The molecular formula is C22H22N8O. The molecule has 0 aromatic carbocycles. The molecule has 156 valence electrons. The van der Waals surface area contributed by atoms with E-state index in [4.69, 9.17) is 5.84 Å². The number of imidazole rings is 1. The number of hydrazone groups is 1. The maximum Gasteiger partial charge on any atom is 0.273 e. The van der Waals surface area contributed by atoms with Crippen LogP contribution in [0.1, 0.15) is 35.7 Å². The van der Waals surface area contributed by atoms with Crippen molar-refractivity contribution in [1.29, 1.82) is 0 Å². The number of nitrogens with one attached hydrogen (secondary N) is 2. The van der Waals surface area contributed by atoms with Crippen LogP contribution in [0.5, 0.6) is 0 Å². The number of pyridine rings is 2. The predicted octanol–water partition coefficient (Wildman–Crippen LogP) is 2.29. The molecule has 4 heterocycles. The SMILES string of the molecule is N/N=C(\C=NCc1cn2cc(C3CC3)ccc2n1)C(=O)NCc1cc2cc[nH]c2cn1. The molecule has 1 saturated carbocycles. The van der Waals surface area contributed by atoms with Crippen LogP contribution in [0.2, 0.25) is 0 Å². The van der Waals surface area contributed by atoms with E-state index in [1.807, 2.05) is 35.0 Å².